The first-order chi connectivity index (χ1) is 31.0. The predicted molar refractivity (Wildman–Crippen MR) is 268 cm³/mol. The van der Waals surface area contributed by atoms with Gasteiger partial charge in [-0.3, -0.25) is 14.2 Å². The number of esters is 2. The number of likely N-dealkylation sites (N-methyl/N-ethyl adjacent to an activating group) is 1. The largest absolute Gasteiger partial charge is 0.756 e. The molecule has 64 heavy (non-hydrogen) atoms. The summed E-state index contributed by atoms with van der Waals surface area (Å²) in [6.07, 6.45) is 53.9. The second-order valence-corrected chi connectivity index (χ2v) is 21.0. The maximum atomic E-state index is 12.7. The Kier molecular flexibility index (Phi) is 45.5. The number of phosphoric acid groups is 1. The van der Waals surface area contributed by atoms with Crippen molar-refractivity contribution in [3.05, 3.63) is 24.3 Å². The summed E-state index contributed by atoms with van der Waals surface area (Å²) in [4.78, 5) is 37.6. The molecule has 0 aliphatic rings. The summed E-state index contributed by atoms with van der Waals surface area (Å²) in [6.45, 7) is 4.23. The molecule has 0 heterocycles. The van der Waals surface area contributed by atoms with E-state index in [4.69, 9.17) is 18.5 Å². The third-order valence-electron chi connectivity index (χ3n) is 12.0. The van der Waals surface area contributed by atoms with E-state index in [1.807, 2.05) is 21.1 Å². The van der Waals surface area contributed by atoms with Gasteiger partial charge in [-0.1, -0.05) is 224 Å². The predicted octanol–water partition coefficient (Wildman–Crippen LogP) is 15.6. The van der Waals surface area contributed by atoms with Gasteiger partial charge in [-0.15, -0.1) is 0 Å². The Labute approximate surface area is 396 Å². The van der Waals surface area contributed by atoms with Gasteiger partial charge in [0, 0.05) is 12.8 Å². The van der Waals surface area contributed by atoms with Crippen molar-refractivity contribution in [2.45, 2.75) is 264 Å². The number of unbranched alkanes of at least 4 members (excludes halogenated alkanes) is 32. The van der Waals surface area contributed by atoms with Gasteiger partial charge < -0.3 is 27.9 Å². The fourth-order valence-corrected chi connectivity index (χ4v) is 8.48. The molecule has 0 amide bonds. The number of rotatable bonds is 50. The molecule has 0 aliphatic heterocycles. The van der Waals surface area contributed by atoms with E-state index >= 15 is 0 Å². The summed E-state index contributed by atoms with van der Waals surface area (Å²) < 4.78 is 34.0. The Morgan fingerprint density at radius 1 is 0.484 bits per heavy atom. The Bertz CT molecular complexity index is 1140. The lowest BCUT2D eigenvalue weighted by atomic mass is 10.0. The van der Waals surface area contributed by atoms with E-state index in [1.165, 1.54) is 186 Å². The lowest BCUT2D eigenvalue weighted by molar-refractivity contribution is -0.870. The highest BCUT2D eigenvalue weighted by Crippen LogP contribution is 2.38. The molecule has 378 valence electrons. The number of carbonyl (C=O) groups is 2. The maximum Gasteiger partial charge on any atom is 0.306 e. The summed E-state index contributed by atoms with van der Waals surface area (Å²) in [5.74, 6) is -0.825. The third kappa shape index (κ3) is 49.9. The van der Waals surface area contributed by atoms with E-state index in [1.54, 1.807) is 0 Å². The van der Waals surface area contributed by atoms with Gasteiger partial charge in [0.15, 0.2) is 6.10 Å². The number of hydrogen-bond acceptors (Lipinski definition) is 8. The molecule has 9 nitrogen and oxygen atoms in total. The normalized spacial score (nSPS) is 13.5. The summed E-state index contributed by atoms with van der Waals surface area (Å²) in [6, 6.07) is 0. The number of allylic oxidation sites excluding steroid dienone is 4. The fourth-order valence-electron chi connectivity index (χ4n) is 7.75. The molecule has 0 bridgehead atoms. The minimum absolute atomic E-state index is 0.0276. The van der Waals surface area contributed by atoms with E-state index in [-0.39, 0.29) is 32.0 Å². The molecular weight excluding hydrogens is 822 g/mol. The molecule has 0 aromatic rings. The second kappa shape index (κ2) is 46.6. The van der Waals surface area contributed by atoms with Crippen molar-refractivity contribution >= 4 is 19.8 Å². The smallest absolute Gasteiger partial charge is 0.306 e. The van der Waals surface area contributed by atoms with Crippen LogP contribution in [0.3, 0.4) is 0 Å². The highest BCUT2D eigenvalue weighted by Gasteiger charge is 2.21. The fraction of sp³-hybridized carbons (Fsp3) is 0.889. The van der Waals surface area contributed by atoms with E-state index in [0.29, 0.717) is 17.4 Å². The lowest BCUT2D eigenvalue weighted by Crippen LogP contribution is -2.37. The van der Waals surface area contributed by atoms with E-state index < -0.39 is 26.5 Å². The molecule has 0 aromatic heterocycles. The highest BCUT2D eigenvalue weighted by molar-refractivity contribution is 7.45. The first kappa shape index (κ1) is 62.5. The molecule has 0 radical (unpaired) electrons. The van der Waals surface area contributed by atoms with Crippen LogP contribution in [0.2, 0.25) is 0 Å². The van der Waals surface area contributed by atoms with Crippen LogP contribution < -0.4 is 4.89 Å². The second-order valence-electron chi connectivity index (χ2n) is 19.6. The van der Waals surface area contributed by atoms with Crippen molar-refractivity contribution in [3.63, 3.8) is 0 Å². The number of ether oxygens (including phenoxy) is 2. The molecule has 10 heteroatoms. The van der Waals surface area contributed by atoms with Crippen LogP contribution in [0.1, 0.15) is 258 Å². The van der Waals surface area contributed by atoms with Crippen molar-refractivity contribution in [1.29, 1.82) is 0 Å². The molecule has 0 fully saturated rings. The molecule has 0 saturated carbocycles. The van der Waals surface area contributed by atoms with Crippen molar-refractivity contribution in [2.24, 2.45) is 0 Å². The average molecular weight is 926 g/mol. The molecule has 0 saturated heterocycles. The molecule has 0 spiro atoms. The number of hydrogen-bond donors (Lipinski definition) is 0. The third-order valence-corrected chi connectivity index (χ3v) is 12.9. The van der Waals surface area contributed by atoms with Gasteiger partial charge in [0.2, 0.25) is 0 Å². The minimum Gasteiger partial charge on any atom is -0.756 e. The topological polar surface area (TPSA) is 111 Å². The zero-order valence-electron chi connectivity index (χ0n) is 42.7. The van der Waals surface area contributed by atoms with Gasteiger partial charge >= 0.3 is 11.9 Å². The van der Waals surface area contributed by atoms with Gasteiger partial charge in [-0.2, -0.15) is 0 Å². The summed E-state index contributed by atoms with van der Waals surface area (Å²) >= 11 is 0. The molecule has 0 N–H and O–H groups in total. The van der Waals surface area contributed by atoms with Crippen LogP contribution in [0, 0.1) is 0 Å². The maximum absolute atomic E-state index is 12.7. The quantitative estimate of drug-likeness (QED) is 0.0195. The monoisotopic (exact) mass is 926 g/mol. The van der Waals surface area contributed by atoms with E-state index in [9.17, 15) is 19.0 Å². The van der Waals surface area contributed by atoms with Crippen molar-refractivity contribution in [3.8, 4) is 0 Å². The zero-order valence-corrected chi connectivity index (χ0v) is 43.6. The molecular formula is C54H104NO8P. The molecule has 2 unspecified atom stereocenters. The van der Waals surface area contributed by atoms with Crippen LogP contribution in [-0.2, 0) is 32.7 Å². The summed E-state index contributed by atoms with van der Waals surface area (Å²) in [5, 5.41) is 0. The Balaban J connectivity index is 3.96. The summed E-state index contributed by atoms with van der Waals surface area (Å²) in [5.41, 5.74) is 0. The number of quaternary nitrogens is 1. The summed E-state index contributed by atoms with van der Waals surface area (Å²) in [7, 11) is 1.18. The van der Waals surface area contributed by atoms with Crippen LogP contribution in [0.15, 0.2) is 24.3 Å². The first-order valence-electron chi connectivity index (χ1n) is 27.0. The van der Waals surface area contributed by atoms with Crippen molar-refractivity contribution in [2.75, 3.05) is 47.5 Å². The Morgan fingerprint density at radius 3 is 1.23 bits per heavy atom. The van der Waals surface area contributed by atoms with Gasteiger partial charge in [0.05, 0.1) is 27.7 Å². The molecule has 0 rings (SSSR count). The first-order valence-corrected chi connectivity index (χ1v) is 28.5. The van der Waals surface area contributed by atoms with Gasteiger partial charge in [-0.25, -0.2) is 0 Å². The Morgan fingerprint density at radius 2 is 0.844 bits per heavy atom. The van der Waals surface area contributed by atoms with Crippen LogP contribution >= 0.6 is 7.82 Å². The average Bonchev–Trinajstić information content (AvgIpc) is 3.25. The van der Waals surface area contributed by atoms with Crippen LogP contribution in [0.4, 0.5) is 0 Å². The van der Waals surface area contributed by atoms with E-state index in [2.05, 4.69) is 38.2 Å². The standard InChI is InChI=1S/C54H104NO8P/c1-6-8-10-12-14-16-17-18-19-20-21-22-23-24-25-26-27-28-29-30-31-32-33-34-35-36-37-39-41-43-45-47-54(57)63-52(51-62-64(58,59)61-49-48-55(3,4)5)50-60-53(56)46-44-42-40-38-15-13-11-9-7-2/h17-18,20-21,52H,6-16,19,22-51H2,1-5H3/b18-17-,21-20-. The SMILES string of the molecule is CCCCCCC/C=C\C/C=C\CCCCCCCCCCCCCCCCCCCCCC(=O)OC(COC(=O)CCCCCCCCCCC)COP(=O)([O-])OCC[N+](C)(C)C. The van der Waals surface area contributed by atoms with Crippen LogP contribution in [0.25, 0.3) is 0 Å². The Hall–Kier alpha value is -1.51. The number of phosphoric ester groups is 1. The molecule has 2 atom stereocenters. The number of carbonyl (C=O) groups excluding carboxylic acids is 2. The lowest BCUT2D eigenvalue weighted by Gasteiger charge is -2.28. The van der Waals surface area contributed by atoms with Gasteiger partial charge in [0.1, 0.15) is 19.8 Å². The minimum atomic E-state index is -4.62. The van der Waals surface area contributed by atoms with Crippen LogP contribution in [0.5, 0.6) is 0 Å². The molecule has 0 aliphatic carbocycles. The molecule has 0 aromatic carbocycles. The van der Waals surface area contributed by atoms with Crippen molar-refractivity contribution in [1.82, 2.24) is 0 Å². The van der Waals surface area contributed by atoms with Gasteiger partial charge in [0.25, 0.3) is 7.82 Å². The number of nitrogens with zero attached hydrogens (tertiary/aromatic N) is 1. The van der Waals surface area contributed by atoms with Gasteiger partial charge in [-0.05, 0) is 44.9 Å². The zero-order chi connectivity index (χ0) is 47.1. The van der Waals surface area contributed by atoms with Crippen LogP contribution in [-0.4, -0.2) is 70.0 Å². The van der Waals surface area contributed by atoms with E-state index in [0.717, 1.165) is 38.5 Å². The highest BCUT2D eigenvalue weighted by atomic mass is 31.2. The van der Waals surface area contributed by atoms with Crippen molar-refractivity contribution < 1.29 is 42.1 Å².